The van der Waals surface area contributed by atoms with Crippen LogP contribution >= 0.6 is 0 Å². The summed E-state index contributed by atoms with van der Waals surface area (Å²) in [7, 11) is -4.27. The third-order valence-electron chi connectivity index (χ3n) is 1.46. The zero-order valence-electron chi connectivity index (χ0n) is 8.57. The Hall–Kier alpha value is -0.130. The van der Waals surface area contributed by atoms with Gasteiger partial charge in [0.05, 0.1) is 6.61 Å². The summed E-state index contributed by atoms with van der Waals surface area (Å²) in [6.45, 7) is 8.12. The topological polar surface area (TPSA) is 63.6 Å². The fourth-order valence-electron chi connectivity index (χ4n) is 1.31. The lowest BCUT2D eigenvalue weighted by Gasteiger charge is -2.22. The minimum atomic E-state index is -4.27. The van der Waals surface area contributed by atoms with Crippen molar-refractivity contribution in [2.45, 2.75) is 34.1 Å². The van der Waals surface area contributed by atoms with Crippen LogP contribution in [0.1, 0.15) is 34.1 Å². The Morgan fingerprint density at radius 1 is 1.38 bits per heavy atom. The van der Waals surface area contributed by atoms with Crippen LogP contribution in [0.5, 0.6) is 0 Å². The SMILES string of the molecule is CC(COS(=O)(=O)O)CC(C)(C)C. The second-order valence-electron chi connectivity index (χ2n) is 4.58. The summed E-state index contributed by atoms with van der Waals surface area (Å²) in [6, 6.07) is 0. The van der Waals surface area contributed by atoms with E-state index < -0.39 is 10.4 Å². The largest absolute Gasteiger partial charge is 0.397 e. The van der Waals surface area contributed by atoms with Crippen molar-refractivity contribution in [3.8, 4) is 0 Å². The second-order valence-corrected chi connectivity index (χ2v) is 5.67. The summed E-state index contributed by atoms with van der Waals surface area (Å²) in [5, 5.41) is 0. The summed E-state index contributed by atoms with van der Waals surface area (Å²) < 4.78 is 33.0. The zero-order valence-corrected chi connectivity index (χ0v) is 9.39. The minimum absolute atomic E-state index is 0.0378. The molecule has 4 nitrogen and oxygen atoms in total. The molecular formula is C8H18O4S. The van der Waals surface area contributed by atoms with Gasteiger partial charge in [-0.25, -0.2) is 4.18 Å². The van der Waals surface area contributed by atoms with Crippen LogP contribution in [-0.4, -0.2) is 19.6 Å². The predicted molar refractivity (Wildman–Crippen MR) is 50.7 cm³/mol. The maximum Gasteiger partial charge on any atom is 0.397 e. The molecule has 13 heavy (non-hydrogen) atoms. The molecule has 5 heteroatoms. The molecule has 0 rings (SSSR count). The lowest BCUT2D eigenvalue weighted by molar-refractivity contribution is 0.192. The van der Waals surface area contributed by atoms with Gasteiger partial charge in [-0.3, -0.25) is 4.55 Å². The Morgan fingerprint density at radius 3 is 2.15 bits per heavy atom. The summed E-state index contributed by atoms with van der Waals surface area (Å²) in [5.74, 6) is 0.113. The molecule has 0 saturated carbocycles. The van der Waals surface area contributed by atoms with E-state index in [-0.39, 0.29) is 17.9 Å². The van der Waals surface area contributed by atoms with E-state index in [1.54, 1.807) is 0 Å². The normalized spacial score (nSPS) is 15.8. The highest BCUT2D eigenvalue weighted by Gasteiger charge is 2.17. The van der Waals surface area contributed by atoms with Crippen LogP contribution in [0.25, 0.3) is 0 Å². The van der Waals surface area contributed by atoms with E-state index in [1.165, 1.54) is 0 Å². The standard InChI is InChI=1S/C8H18O4S/c1-7(5-8(2,3)4)6-12-13(9,10)11/h7H,5-6H2,1-4H3,(H,9,10,11). The molecule has 80 valence electrons. The Bertz CT molecular complexity index is 237. The first-order chi connectivity index (χ1) is 5.60. The van der Waals surface area contributed by atoms with Gasteiger partial charge in [-0.2, -0.15) is 8.42 Å². The minimum Gasteiger partial charge on any atom is -0.264 e. The molecule has 0 aliphatic heterocycles. The van der Waals surface area contributed by atoms with Crippen LogP contribution in [-0.2, 0) is 14.6 Å². The van der Waals surface area contributed by atoms with Gasteiger partial charge >= 0.3 is 10.4 Å². The lowest BCUT2D eigenvalue weighted by atomic mass is 9.86. The summed E-state index contributed by atoms with van der Waals surface area (Å²) >= 11 is 0. The first-order valence-corrected chi connectivity index (χ1v) is 5.58. The van der Waals surface area contributed by atoms with Gasteiger partial charge in [0, 0.05) is 0 Å². The maximum atomic E-state index is 10.2. The van der Waals surface area contributed by atoms with Crippen molar-refractivity contribution in [3.05, 3.63) is 0 Å². The molecule has 1 unspecified atom stereocenters. The van der Waals surface area contributed by atoms with Crippen molar-refractivity contribution in [2.24, 2.45) is 11.3 Å². The number of hydrogen-bond acceptors (Lipinski definition) is 3. The second kappa shape index (κ2) is 4.39. The molecule has 0 heterocycles. The van der Waals surface area contributed by atoms with Gasteiger partial charge in [0.15, 0.2) is 0 Å². The first-order valence-electron chi connectivity index (χ1n) is 4.22. The van der Waals surface area contributed by atoms with E-state index >= 15 is 0 Å². The van der Waals surface area contributed by atoms with Crippen molar-refractivity contribution in [1.82, 2.24) is 0 Å². The van der Waals surface area contributed by atoms with Crippen molar-refractivity contribution in [3.63, 3.8) is 0 Å². The zero-order chi connectivity index (χ0) is 10.7. The molecule has 0 aliphatic rings. The molecule has 0 radical (unpaired) electrons. The maximum absolute atomic E-state index is 10.2. The highest BCUT2D eigenvalue weighted by atomic mass is 32.3. The van der Waals surface area contributed by atoms with Crippen LogP contribution in [0.4, 0.5) is 0 Å². The highest BCUT2D eigenvalue weighted by molar-refractivity contribution is 7.80. The van der Waals surface area contributed by atoms with E-state index in [4.69, 9.17) is 4.55 Å². The van der Waals surface area contributed by atoms with Crippen LogP contribution in [0.2, 0.25) is 0 Å². The van der Waals surface area contributed by atoms with E-state index in [9.17, 15) is 8.42 Å². The average Bonchev–Trinajstić information content (AvgIpc) is 1.78. The van der Waals surface area contributed by atoms with E-state index in [0.29, 0.717) is 0 Å². The average molecular weight is 210 g/mol. The first kappa shape index (κ1) is 12.9. The van der Waals surface area contributed by atoms with Crippen LogP contribution < -0.4 is 0 Å². The van der Waals surface area contributed by atoms with E-state index in [1.807, 2.05) is 6.92 Å². The summed E-state index contributed by atoms with van der Waals surface area (Å²) in [5.41, 5.74) is 0.141. The molecule has 0 spiro atoms. The van der Waals surface area contributed by atoms with Crippen LogP contribution in [0.3, 0.4) is 0 Å². The van der Waals surface area contributed by atoms with Crippen LogP contribution in [0.15, 0.2) is 0 Å². The van der Waals surface area contributed by atoms with Gasteiger partial charge in [-0.15, -0.1) is 0 Å². The van der Waals surface area contributed by atoms with Gasteiger partial charge in [-0.05, 0) is 17.8 Å². The monoisotopic (exact) mass is 210 g/mol. The van der Waals surface area contributed by atoms with Gasteiger partial charge in [-0.1, -0.05) is 27.7 Å². The number of rotatable bonds is 4. The predicted octanol–water partition coefficient (Wildman–Crippen LogP) is 1.88. The number of hydrogen-bond donors (Lipinski definition) is 1. The molecule has 0 aromatic carbocycles. The Kier molecular flexibility index (Phi) is 4.35. The van der Waals surface area contributed by atoms with Gasteiger partial charge in [0.2, 0.25) is 0 Å². The van der Waals surface area contributed by atoms with Gasteiger partial charge in [0.25, 0.3) is 0 Å². The van der Waals surface area contributed by atoms with Crippen molar-refractivity contribution < 1.29 is 17.2 Å². The fourth-order valence-corrected chi connectivity index (χ4v) is 1.71. The quantitative estimate of drug-likeness (QED) is 0.719. The fraction of sp³-hybridized carbons (Fsp3) is 1.00. The molecule has 0 fully saturated rings. The third-order valence-corrected chi connectivity index (χ3v) is 1.90. The van der Waals surface area contributed by atoms with Crippen molar-refractivity contribution in [2.75, 3.05) is 6.61 Å². The summed E-state index contributed by atoms with van der Waals surface area (Å²) in [4.78, 5) is 0. The molecule has 0 saturated heterocycles. The summed E-state index contributed by atoms with van der Waals surface area (Å²) in [6.07, 6.45) is 0.850. The highest BCUT2D eigenvalue weighted by Crippen LogP contribution is 2.24. The van der Waals surface area contributed by atoms with Crippen molar-refractivity contribution >= 4 is 10.4 Å². The Balaban J connectivity index is 3.84. The van der Waals surface area contributed by atoms with Gasteiger partial charge in [0.1, 0.15) is 0 Å². The Labute approximate surface area is 80.2 Å². The molecule has 0 aromatic heterocycles. The molecule has 0 aromatic rings. The van der Waals surface area contributed by atoms with E-state index in [0.717, 1.165) is 6.42 Å². The lowest BCUT2D eigenvalue weighted by Crippen LogP contribution is -2.17. The van der Waals surface area contributed by atoms with Crippen LogP contribution in [0, 0.1) is 11.3 Å². The third kappa shape index (κ3) is 9.79. The smallest absolute Gasteiger partial charge is 0.264 e. The van der Waals surface area contributed by atoms with Crippen molar-refractivity contribution in [1.29, 1.82) is 0 Å². The molecular weight excluding hydrogens is 192 g/mol. The molecule has 0 bridgehead atoms. The molecule has 0 amide bonds. The van der Waals surface area contributed by atoms with Gasteiger partial charge < -0.3 is 0 Å². The molecule has 1 N–H and O–H groups in total. The Morgan fingerprint density at radius 2 is 1.85 bits per heavy atom. The molecule has 0 aliphatic carbocycles. The van der Waals surface area contributed by atoms with E-state index in [2.05, 4.69) is 25.0 Å². The molecule has 1 atom stereocenters.